The molecule has 0 saturated heterocycles. The van der Waals surface area contributed by atoms with Gasteiger partial charge in [-0.1, -0.05) is 13.3 Å². The maximum absolute atomic E-state index is 11.3. The number of halogens is 1. The van der Waals surface area contributed by atoms with Crippen LogP contribution in [0.1, 0.15) is 19.8 Å². The van der Waals surface area contributed by atoms with Crippen molar-refractivity contribution >= 4 is 29.6 Å². The maximum atomic E-state index is 11.3. The predicted octanol–water partition coefficient (Wildman–Crippen LogP) is 2.45. The molecule has 5 nitrogen and oxygen atoms in total. The van der Waals surface area contributed by atoms with Gasteiger partial charge in [-0.05, 0) is 30.7 Å². The second-order valence-corrected chi connectivity index (χ2v) is 9.75. The van der Waals surface area contributed by atoms with E-state index in [0.717, 1.165) is 12.7 Å². The van der Waals surface area contributed by atoms with E-state index in [-0.39, 0.29) is 23.2 Å². The Hall–Kier alpha value is -0.790. The monoisotopic (exact) mass is 354 g/mol. The molecule has 0 aliphatic rings. The first-order chi connectivity index (χ1) is 9.62. The quantitative estimate of drug-likeness (QED) is 0.670. The fourth-order valence-corrected chi connectivity index (χ4v) is 3.89. The lowest BCUT2D eigenvalue weighted by Gasteiger charge is -2.15. The Labute approximate surface area is 130 Å². The highest BCUT2D eigenvalue weighted by molar-refractivity contribution is 8.13. The van der Waals surface area contributed by atoms with Crippen LogP contribution < -0.4 is 4.74 Å². The zero-order valence-electron chi connectivity index (χ0n) is 12.0. The van der Waals surface area contributed by atoms with Crippen molar-refractivity contribution in [2.45, 2.75) is 24.7 Å². The van der Waals surface area contributed by atoms with Gasteiger partial charge in [0.15, 0.2) is 9.84 Å². The molecule has 0 radical (unpaired) electrons. The number of hydrogen-bond donors (Lipinski definition) is 0. The van der Waals surface area contributed by atoms with Crippen molar-refractivity contribution in [2.75, 3.05) is 18.6 Å². The third-order valence-corrected chi connectivity index (χ3v) is 5.25. The average molecular weight is 355 g/mol. The topological polar surface area (TPSA) is 77.5 Å². The van der Waals surface area contributed by atoms with Gasteiger partial charge in [-0.25, -0.2) is 16.8 Å². The molecule has 1 aromatic carbocycles. The van der Waals surface area contributed by atoms with Crippen molar-refractivity contribution in [3.8, 4) is 5.75 Å². The van der Waals surface area contributed by atoms with Gasteiger partial charge in [0.25, 0.3) is 0 Å². The molecule has 1 atom stereocenters. The van der Waals surface area contributed by atoms with Crippen LogP contribution in [-0.4, -0.2) is 35.5 Å². The van der Waals surface area contributed by atoms with Crippen LogP contribution in [-0.2, 0) is 18.9 Å². The Morgan fingerprint density at radius 1 is 1.14 bits per heavy atom. The average Bonchev–Trinajstić information content (AvgIpc) is 2.34. The lowest BCUT2D eigenvalue weighted by Crippen LogP contribution is -2.19. The van der Waals surface area contributed by atoms with Gasteiger partial charge in [0.1, 0.15) is 5.75 Å². The van der Waals surface area contributed by atoms with E-state index in [4.69, 9.17) is 15.4 Å². The molecule has 0 fully saturated rings. The summed E-state index contributed by atoms with van der Waals surface area (Å²) in [6.07, 6.45) is 2.65. The molecule has 1 aromatic rings. The van der Waals surface area contributed by atoms with Gasteiger partial charge in [0.05, 0.1) is 17.3 Å². The summed E-state index contributed by atoms with van der Waals surface area (Å²) in [5.74, 6) is 0.173. The van der Waals surface area contributed by atoms with Crippen LogP contribution in [0.25, 0.3) is 0 Å². The summed E-state index contributed by atoms with van der Waals surface area (Å²) < 4.78 is 50.4. The molecular formula is C13H19ClO5S2. The Morgan fingerprint density at radius 2 is 1.71 bits per heavy atom. The van der Waals surface area contributed by atoms with Gasteiger partial charge in [-0.3, -0.25) is 0 Å². The standard InChI is InChI=1S/C13H19ClO5S2/c1-3-4-11(10-21(14,17)18)9-19-12-5-7-13(8-6-12)20(2,15)16/h5-8,11H,3-4,9-10H2,1-2H3. The lowest BCUT2D eigenvalue weighted by molar-refractivity contribution is 0.253. The van der Waals surface area contributed by atoms with Crippen LogP contribution in [0.3, 0.4) is 0 Å². The largest absolute Gasteiger partial charge is 0.493 e. The summed E-state index contributed by atoms with van der Waals surface area (Å²) in [6, 6.07) is 6.01. The molecule has 0 saturated carbocycles. The predicted molar refractivity (Wildman–Crippen MR) is 83.1 cm³/mol. The van der Waals surface area contributed by atoms with Crippen LogP contribution in [0.5, 0.6) is 5.75 Å². The second kappa shape index (κ2) is 7.47. The third kappa shape index (κ3) is 7.15. The highest BCUT2D eigenvalue weighted by Gasteiger charge is 2.17. The van der Waals surface area contributed by atoms with Crippen LogP contribution in [0.4, 0.5) is 0 Å². The smallest absolute Gasteiger partial charge is 0.232 e. The van der Waals surface area contributed by atoms with E-state index < -0.39 is 18.9 Å². The first-order valence-electron chi connectivity index (χ1n) is 6.47. The number of ether oxygens (including phenoxy) is 1. The minimum atomic E-state index is -3.56. The van der Waals surface area contributed by atoms with Crippen molar-refractivity contribution in [1.29, 1.82) is 0 Å². The summed E-state index contributed by atoms with van der Waals surface area (Å²) in [4.78, 5) is 0.211. The first kappa shape index (κ1) is 18.3. The zero-order valence-corrected chi connectivity index (χ0v) is 14.3. The molecule has 0 spiro atoms. The molecule has 21 heavy (non-hydrogen) atoms. The molecule has 0 aliphatic heterocycles. The normalized spacial score (nSPS) is 13.9. The molecule has 0 amide bonds. The third-order valence-electron chi connectivity index (χ3n) is 2.87. The van der Waals surface area contributed by atoms with Crippen LogP contribution in [0.2, 0.25) is 0 Å². The second-order valence-electron chi connectivity index (χ2n) is 4.91. The van der Waals surface area contributed by atoms with Gasteiger partial charge in [0, 0.05) is 22.9 Å². The van der Waals surface area contributed by atoms with Gasteiger partial charge >= 0.3 is 0 Å². The summed E-state index contributed by atoms with van der Waals surface area (Å²) in [6.45, 7) is 2.17. The Kier molecular flexibility index (Phi) is 6.49. The SMILES string of the molecule is CCCC(COc1ccc(S(C)(=O)=O)cc1)CS(=O)(=O)Cl. The van der Waals surface area contributed by atoms with Crippen molar-refractivity contribution in [3.05, 3.63) is 24.3 Å². The fraction of sp³-hybridized carbons (Fsp3) is 0.538. The number of rotatable bonds is 8. The number of benzene rings is 1. The van der Waals surface area contributed by atoms with Gasteiger partial charge in [-0.2, -0.15) is 0 Å². The van der Waals surface area contributed by atoms with Crippen molar-refractivity contribution < 1.29 is 21.6 Å². The van der Waals surface area contributed by atoms with Crippen LogP contribution in [0.15, 0.2) is 29.2 Å². The van der Waals surface area contributed by atoms with Crippen molar-refractivity contribution in [1.82, 2.24) is 0 Å². The fourth-order valence-electron chi connectivity index (χ4n) is 1.90. The molecule has 0 N–H and O–H groups in total. The molecule has 120 valence electrons. The number of hydrogen-bond acceptors (Lipinski definition) is 5. The molecule has 8 heteroatoms. The van der Waals surface area contributed by atoms with E-state index >= 15 is 0 Å². The molecule has 1 unspecified atom stereocenters. The Balaban J connectivity index is 2.68. The van der Waals surface area contributed by atoms with Crippen molar-refractivity contribution in [2.24, 2.45) is 5.92 Å². The minimum absolute atomic E-state index is 0.135. The van der Waals surface area contributed by atoms with Crippen LogP contribution in [0, 0.1) is 5.92 Å². The van der Waals surface area contributed by atoms with Gasteiger partial charge in [0.2, 0.25) is 9.05 Å². The molecular weight excluding hydrogens is 336 g/mol. The lowest BCUT2D eigenvalue weighted by atomic mass is 10.1. The summed E-state index contributed by atoms with van der Waals surface area (Å²) in [5.41, 5.74) is 0. The van der Waals surface area contributed by atoms with E-state index in [0.29, 0.717) is 12.2 Å². The van der Waals surface area contributed by atoms with Crippen molar-refractivity contribution in [3.63, 3.8) is 0 Å². The molecule has 0 heterocycles. The van der Waals surface area contributed by atoms with Gasteiger partial charge < -0.3 is 4.74 Å². The molecule has 0 bridgehead atoms. The van der Waals surface area contributed by atoms with E-state index in [2.05, 4.69) is 0 Å². The molecule has 0 aliphatic carbocycles. The van der Waals surface area contributed by atoms with E-state index in [9.17, 15) is 16.8 Å². The summed E-state index contributed by atoms with van der Waals surface area (Å²) in [5, 5.41) is 0. The summed E-state index contributed by atoms with van der Waals surface area (Å²) in [7, 11) is -1.53. The maximum Gasteiger partial charge on any atom is 0.232 e. The minimum Gasteiger partial charge on any atom is -0.493 e. The molecule has 1 rings (SSSR count). The van der Waals surface area contributed by atoms with Crippen LogP contribution >= 0.6 is 10.7 Å². The van der Waals surface area contributed by atoms with E-state index in [1.165, 1.54) is 12.1 Å². The zero-order chi connectivity index (χ0) is 16.1. The Morgan fingerprint density at radius 3 is 2.14 bits per heavy atom. The summed E-state index contributed by atoms with van der Waals surface area (Å²) >= 11 is 0. The Bertz CT molecular complexity index is 650. The molecule has 0 aromatic heterocycles. The van der Waals surface area contributed by atoms with E-state index in [1.807, 2.05) is 6.92 Å². The number of sulfone groups is 1. The first-order valence-corrected chi connectivity index (χ1v) is 10.8. The van der Waals surface area contributed by atoms with Gasteiger partial charge in [-0.15, -0.1) is 0 Å². The highest BCUT2D eigenvalue weighted by atomic mass is 35.7. The highest BCUT2D eigenvalue weighted by Crippen LogP contribution is 2.19. The van der Waals surface area contributed by atoms with E-state index in [1.54, 1.807) is 12.1 Å².